The minimum Gasteiger partial charge on any atom is -0.468 e. The molecule has 6 nitrogen and oxygen atoms in total. The Kier molecular flexibility index (Phi) is 4.47. The van der Waals surface area contributed by atoms with E-state index in [9.17, 15) is 4.79 Å². The van der Waals surface area contributed by atoms with Crippen molar-refractivity contribution < 1.29 is 13.9 Å². The van der Waals surface area contributed by atoms with Gasteiger partial charge in [0, 0.05) is 0 Å². The Morgan fingerprint density at radius 3 is 2.87 bits per heavy atom. The van der Waals surface area contributed by atoms with Gasteiger partial charge in [0.25, 0.3) is 0 Å². The first-order valence-electron chi connectivity index (χ1n) is 6.95. The van der Waals surface area contributed by atoms with Crippen molar-refractivity contribution in [2.24, 2.45) is 0 Å². The van der Waals surface area contributed by atoms with Gasteiger partial charge in [-0.15, -0.1) is 10.2 Å². The summed E-state index contributed by atoms with van der Waals surface area (Å²) in [5.74, 6) is 1.06. The molecule has 0 aliphatic heterocycles. The van der Waals surface area contributed by atoms with E-state index in [4.69, 9.17) is 4.42 Å². The average molecular weight is 329 g/mol. The topological polar surface area (TPSA) is 70.2 Å². The maximum atomic E-state index is 11.4. The third-order valence-corrected chi connectivity index (χ3v) is 4.08. The highest BCUT2D eigenvalue weighted by molar-refractivity contribution is 7.99. The van der Waals surface area contributed by atoms with E-state index in [2.05, 4.69) is 14.9 Å². The Labute approximate surface area is 137 Å². The van der Waals surface area contributed by atoms with Crippen LogP contribution >= 0.6 is 11.8 Å². The summed E-state index contributed by atoms with van der Waals surface area (Å²) >= 11 is 1.27. The van der Waals surface area contributed by atoms with Gasteiger partial charge >= 0.3 is 5.97 Å². The molecule has 0 N–H and O–H groups in total. The third-order valence-electron chi connectivity index (χ3n) is 3.18. The molecule has 1 aromatic carbocycles. The van der Waals surface area contributed by atoms with E-state index in [1.807, 2.05) is 41.8 Å². The smallest absolute Gasteiger partial charge is 0.316 e. The standard InChI is InChI=1S/C16H15N3O3S/c1-11-5-3-6-12(9-11)19-15(13-7-4-8-22-13)17-18-16(19)23-10-14(20)21-2/h3-9H,10H2,1-2H3. The molecule has 2 heterocycles. The molecule has 0 saturated carbocycles. The third kappa shape index (κ3) is 3.29. The number of aryl methyl sites for hydroxylation is 1. The number of ether oxygens (including phenoxy) is 1. The molecule has 0 atom stereocenters. The summed E-state index contributed by atoms with van der Waals surface area (Å²) in [6.45, 7) is 2.02. The van der Waals surface area contributed by atoms with E-state index < -0.39 is 0 Å². The van der Waals surface area contributed by atoms with Crippen LogP contribution in [-0.2, 0) is 9.53 Å². The Balaban J connectivity index is 2.05. The number of hydrogen-bond acceptors (Lipinski definition) is 6. The van der Waals surface area contributed by atoms with Gasteiger partial charge in [-0.1, -0.05) is 23.9 Å². The Hall–Kier alpha value is -2.54. The van der Waals surface area contributed by atoms with Gasteiger partial charge in [-0.05, 0) is 36.8 Å². The van der Waals surface area contributed by atoms with E-state index in [0.29, 0.717) is 16.7 Å². The van der Waals surface area contributed by atoms with Gasteiger partial charge in [0.2, 0.25) is 5.82 Å². The SMILES string of the molecule is COC(=O)CSc1nnc(-c2ccco2)n1-c1cccc(C)c1. The number of benzene rings is 1. The predicted molar refractivity (Wildman–Crippen MR) is 86.5 cm³/mol. The molecule has 0 radical (unpaired) electrons. The number of carbonyl (C=O) groups excluding carboxylic acids is 1. The lowest BCUT2D eigenvalue weighted by molar-refractivity contribution is -0.137. The number of aromatic nitrogens is 3. The highest BCUT2D eigenvalue weighted by Crippen LogP contribution is 2.28. The van der Waals surface area contributed by atoms with Crippen LogP contribution in [0.4, 0.5) is 0 Å². The fraction of sp³-hybridized carbons (Fsp3) is 0.188. The average Bonchev–Trinajstić information content (AvgIpc) is 3.21. The number of methoxy groups -OCH3 is 1. The Morgan fingerprint density at radius 2 is 2.17 bits per heavy atom. The van der Waals surface area contributed by atoms with Crippen LogP contribution in [0.3, 0.4) is 0 Å². The van der Waals surface area contributed by atoms with Gasteiger partial charge in [-0.3, -0.25) is 9.36 Å². The number of esters is 1. The fourth-order valence-electron chi connectivity index (χ4n) is 2.11. The van der Waals surface area contributed by atoms with Crippen LogP contribution in [0.25, 0.3) is 17.3 Å². The van der Waals surface area contributed by atoms with Crippen molar-refractivity contribution in [3.63, 3.8) is 0 Å². The van der Waals surface area contributed by atoms with Crippen LogP contribution in [0, 0.1) is 6.92 Å². The first-order valence-corrected chi connectivity index (χ1v) is 7.93. The molecule has 0 amide bonds. The van der Waals surface area contributed by atoms with E-state index in [1.165, 1.54) is 18.9 Å². The van der Waals surface area contributed by atoms with E-state index >= 15 is 0 Å². The van der Waals surface area contributed by atoms with Crippen molar-refractivity contribution in [3.05, 3.63) is 48.2 Å². The van der Waals surface area contributed by atoms with Crippen molar-refractivity contribution in [2.45, 2.75) is 12.1 Å². The predicted octanol–water partition coefficient (Wildman–Crippen LogP) is 3.10. The first kappa shape index (κ1) is 15.4. The van der Waals surface area contributed by atoms with Gasteiger partial charge < -0.3 is 9.15 Å². The van der Waals surface area contributed by atoms with Gasteiger partial charge in [0.15, 0.2) is 10.9 Å². The monoisotopic (exact) mass is 329 g/mol. The summed E-state index contributed by atoms with van der Waals surface area (Å²) in [6.07, 6.45) is 1.59. The summed E-state index contributed by atoms with van der Waals surface area (Å²) in [5, 5.41) is 9.01. The quantitative estimate of drug-likeness (QED) is 0.529. The number of nitrogens with zero attached hydrogens (tertiary/aromatic N) is 3. The Morgan fingerprint density at radius 1 is 1.30 bits per heavy atom. The highest BCUT2D eigenvalue weighted by Gasteiger charge is 2.19. The molecule has 0 saturated heterocycles. The maximum Gasteiger partial charge on any atom is 0.316 e. The lowest BCUT2D eigenvalue weighted by Gasteiger charge is -2.09. The van der Waals surface area contributed by atoms with Crippen LogP contribution < -0.4 is 0 Å². The number of furan rings is 1. The number of hydrogen-bond donors (Lipinski definition) is 0. The minimum absolute atomic E-state index is 0.165. The van der Waals surface area contributed by atoms with Crippen LogP contribution in [0.15, 0.2) is 52.2 Å². The highest BCUT2D eigenvalue weighted by atomic mass is 32.2. The number of rotatable bonds is 5. The van der Waals surface area contributed by atoms with Crippen LogP contribution in [0.1, 0.15) is 5.56 Å². The van der Waals surface area contributed by atoms with E-state index in [-0.39, 0.29) is 11.7 Å². The maximum absolute atomic E-state index is 11.4. The zero-order chi connectivity index (χ0) is 16.2. The van der Waals surface area contributed by atoms with Crippen molar-refractivity contribution >= 4 is 17.7 Å². The Bertz CT molecular complexity index is 812. The van der Waals surface area contributed by atoms with Crippen molar-refractivity contribution in [1.29, 1.82) is 0 Å². The van der Waals surface area contributed by atoms with Gasteiger partial charge in [0.1, 0.15) is 0 Å². The van der Waals surface area contributed by atoms with E-state index in [0.717, 1.165) is 11.3 Å². The molecule has 0 aliphatic rings. The summed E-state index contributed by atoms with van der Waals surface area (Å²) in [5.41, 5.74) is 2.03. The largest absolute Gasteiger partial charge is 0.468 e. The summed E-state index contributed by atoms with van der Waals surface area (Å²) in [7, 11) is 1.36. The molecule has 3 rings (SSSR count). The summed E-state index contributed by atoms with van der Waals surface area (Å²) in [4.78, 5) is 11.4. The molecule has 0 fully saturated rings. The number of thioether (sulfide) groups is 1. The second-order valence-electron chi connectivity index (χ2n) is 4.82. The molecule has 0 bridgehead atoms. The van der Waals surface area contributed by atoms with Crippen LogP contribution in [0.2, 0.25) is 0 Å². The molecule has 0 spiro atoms. The molecule has 0 unspecified atom stereocenters. The molecular weight excluding hydrogens is 314 g/mol. The normalized spacial score (nSPS) is 10.7. The van der Waals surface area contributed by atoms with Crippen molar-refractivity contribution in [3.8, 4) is 17.3 Å². The molecule has 2 aromatic heterocycles. The molecule has 118 valence electrons. The van der Waals surface area contributed by atoms with Gasteiger partial charge in [-0.25, -0.2) is 0 Å². The first-order chi connectivity index (χ1) is 11.2. The minimum atomic E-state index is -0.312. The van der Waals surface area contributed by atoms with E-state index in [1.54, 1.807) is 12.3 Å². The second kappa shape index (κ2) is 6.70. The van der Waals surface area contributed by atoms with Crippen molar-refractivity contribution in [1.82, 2.24) is 14.8 Å². The van der Waals surface area contributed by atoms with Crippen LogP contribution in [-0.4, -0.2) is 33.6 Å². The zero-order valence-electron chi connectivity index (χ0n) is 12.7. The molecule has 23 heavy (non-hydrogen) atoms. The molecule has 0 aliphatic carbocycles. The lowest BCUT2D eigenvalue weighted by Crippen LogP contribution is -2.05. The van der Waals surface area contributed by atoms with Crippen LogP contribution in [0.5, 0.6) is 0 Å². The molecule has 7 heteroatoms. The van der Waals surface area contributed by atoms with Crippen molar-refractivity contribution in [2.75, 3.05) is 12.9 Å². The fourth-order valence-corrected chi connectivity index (χ4v) is 2.90. The van der Waals surface area contributed by atoms with Gasteiger partial charge in [-0.2, -0.15) is 0 Å². The molecule has 3 aromatic rings. The number of carbonyl (C=O) groups is 1. The van der Waals surface area contributed by atoms with Gasteiger partial charge in [0.05, 0.1) is 24.8 Å². The summed E-state index contributed by atoms with van der Waals surface area (Å²) in [6, 6.07) is 11.6. The zero-order valence-corrected chi connectivity index (χ0v) is 13.5. The summed E-state index contributed by atoms with van der Waals surface area (Å²) < 4.78 is 12.0. The second-order valence-corrected chi connectivity index (χ2v) is 5.77. The molecular formula is C16H15N3O3S. The lowest BCUT2D eigenvalue weighted by atomic mass is 10.2.